The summed E-state index contributed by atoms with van der Waals surface area (Å²) in [6.45, 7) is 7.53. The van der Waals surface area contributed by atoms with Gasteiger partial charge in [0.1, 0.15) is 5.69 Å². The molecule has 1 aliphatic rings. The van der Waals surface area contributed by atoms with E-state index in [9.17, 15) is 14.4 Å². The molecule has 0 saturated carbocycles. The van der Waals surface area contributed by atoms with Crippen molar-refractivity contribution in [1.29, 1.82) is 0 Å². The second kappa shape index (κ2) is 8.00. The lowest BCUT2D eigenvalue weighted by Crippen LogP contribution is -2.38. The number of hydrogen-bond donors (Lipinski definition) is 1. The van der Waals surface area contributed by atoms with E-state index in [1.165, 1.54) is 16.8 Å². The summed E-state index contributed by atoms with van der Waals surface area (Å²) in [4.78, 5) is 39.8. The van der Waals surface area contributed by atoms with Crippen LogP contribution in [0.15, 0.2) is 35.3 Å². The number of hydrogen-bond acceptors (Lipinski definition) is 3. The third-order valence-corrected chi connectivity index (χ3v) is 5.52. The third kappa shape index (κ3) is 4.16. The molecule has 2 amide bonds. The molecule has 6 nitrogen and oxygen atoms in total. The highest BCUT2D eigenvalue weighted by molar-refractivity contribution is 6.05. The Kier molecular flexibility index (Phi) is 5.68. The smallest absolute Gasteiger partial charge is 0.274 e. The fourth-order valence-corrected chi connectivity index (χ4v) is 3.39. The highest BCUT2D eigenvalue weighted by atomic mass is 16.2. The van der Waals surface area contributed by atoms with E-state index >= 15 is 0 Å². The van der Waals surface area contributed by atoms with Gasteiger partial charge in [-0.1, -0.05) is 13.0 Å². The number of rotatable bonds is 3. The quantitative estimate of drug-likeness (QED) is 0.888. The van der Waals surface area contributed by atoms with Crippen LogP contribution >= 0.6 is 0 Å². The SMILES string of the molecule is Cc1ccc(C(=O)Nc2cc(C(=O)N3CCC(C)CC3)cn(C)c2=O)cc1C. The first kappa shape index (κ1) is 19.9. The Morgan fingerprint density at radius 3 is 2.36 bits per heavy atom. The van der Waals surface area contributed by atoms with Gasteiger partial charge in [0.05, 0.1) is 5.56 Å². The summed E-state index contributed by atoms with van der Waals surface area (Å²) < 4.78 is 1.34. The first-order valence-corrected chi connectivity index (χ1v) is 9.65. The number of benzene rings is 1. The zero-order chi connectivity index (χ0) is 20.4. The topological polar surface area (TPSA) is 71.4 Å². The van der Waals surface area contributed by atoms with Gasteiger partial charge in [0.15, 0.2) is 0 Å². The molecule has 0 unspecified atom stereocenters. The first-order chi connectivity index (χ1) is 13.3. The molecule has 0 spiro atoms. The molecule has 28 heavy (non-hydrogen) atoms. The molecule has 2 aromatic rings. The second-order valence-corrected chi connectivity index (χ2v) is 7.79. The number of nitrogens with one attached hydrogen (secondary N) is 1. The number of carbonyl (C=O) groups is 2. The van der Waals surface area contributed by atoms with E-state index in [0.29, 0.717) is 30.1 Å². The zero-order valence-corrected chi connectivity index (χ0v) is 16.9. The van der Waals surface area contributed by atoms with Crippen LogP contribution in [0.25, 0.3) is 0 Å². The largest absolute Gasteiger partial charge is 0.339 e. The zero-order valence-electron chi connectivity index (χ0n) is 16.9. The molecule has 148 valence electrons. The van der Waals surface area contributed by atoms with Crippen molar-refractivity contribution in [3.8, 4) is 0 Å². The molecule has 6 heteroatoms. The van der Waals surface area contributed by atoms with E-state index in [1.54, 1.807) is 19.2 Å². The fourth-order valence-electron chi connectivity index (χ4n) is 3.39. The summed E-state index contributed by atoms with van der Waals surface area (Å²) in [5.74, 6) is 0.151. The minimum absolute atomic E-state index is 0.107. The number of piperidine rings is 1. The van der Waals surface area contributed by atoms with Gasteiger partial charge in [-0.25, -0.2) is 0 Å². The van der Waals surface area contributed by atoms with Crippen molar-refractivity contribution in [2.75, 3.05) is 18.4 Å². The van der Waals surface area contributed by atoms with Crippen LogP contribution in [0.1, 0.15) is 51.6 Å². The number of pyridine rings is 1. The summed E-state index contributed by atoms with van der Waals surface area (Å²) in [6.07, 6.45) is 3.50. The Hall–Kier alpha value is -2.89. The molecule has 1 fully saturated rings. The number of aryl methyl sites for hydroxylation is 3. The molecule has 0 radical (unpaired) electrons. The molecule has 0 aliphatic carbocycles. The average molecular weight is 381 g/mol. The van der Waals surface area contributed by atoms with Crippen LogP contribution in [-0.2, 0) is 7.05 Å². The third-order valence-electron chi connectivity index (χ3n) is 5.52. The number of carbonyl (C=O) groups excluding carboxylic acids is 2. The minimum Gasteiger partial charge on any atom is -0.339 e. The highest BCUT2D eigenvalue weighted by Crippen LogP contribution is 2.19. The van der Waals surface area contributed by atoms with Crippen LogP contribution in [0.5, 0.6) is 0 Å². The van der Waals surface area contributed by atoms with E-state index in [2.05, 4.69) is 12.2 Å². The normalized spacial score (nSPS) is 14.8. The van der Waals surface area contributed by atoms with Gasteiger partial charge in [0, 0.05) is 31.9 Å². The summed E-state index contributed by atoms with van der Waals surface area (Å²) >= 11 is 0. The van der Waals surface area contributed by atoms with E-state index in [1.807, 2.05) is 24.8 Å². The number of nitrogens with zero attached hydrogens (tertiary/aromatic N) is 2. The van der Waals surface area contributed by atoms with Crippen LogP contribution in [0.2, 0.25) is 0 Å². The highest BCUT2D eigenvalue weighted by Gasteiger charge is 2.23. The molecule has 1 aromatic carbocycles. The molecular weight excluding hydrogens is 354 g/mol. The second-order valence-electron chi connectivity index (χ2n) is 7.79. The average Bonchev–Trinajstić information content (AvgIpc) is 2.67. The monoisotopic (exact) mass is 381 g/mol. The molecule has 0 atom stereocenters. The van der Waals surface area contributed by atoms with Crippen molar-refractivity contribution in [3.05, 3.63) is 63.1 Å². The summed E-state index contributed by atoms with van der Waals surface area (Å²) in [6, 6.07) is 6.88. The Bertz CT molecular complexity index is 969. The maximum absolute atomic E-state index is 12.9. The number of anilines is 1. The van der Waals surface area contributed by atoms with Gasteiger partial charge in [-0.2, -0.15) is 0 Å². The maximum atomic E-state index is 12.9. The first-order valence-electron chi connectivity index (χ1n) is 9.65. The lowest BCUT2D eigenvalue weighted by Gasteiger charge is -2.30. The van der Waals surface area contributed by atoms with Crippen molar-refractivity contribution in [1.82, 2.24) is 9.47 Å². The Balaban J connectivity index is 1.85. The van der Waals surface area contributed by atoms with Gasteiger partial charge in [-0.05, 0) is 61.9 Å². The Morgan fingerprint density at radius 1 is 1.04 bits per heavy atom. The molecule has 1 aliphatic heterocycles. The molecule has 2 heterocycles. The van der Waals surface area contributed by atoms with Crippen LogP contribution in [-0.4, -0.2) is 34.4 Å². The van der Waals surface area contributed by atoms with Gasteiger partial charge in [0.2, 0.25) is 0 Å². The summed E-state index contributed by atoms with van der Waals surface area (Å²) in [5, 5.41) is 2.68. The van der Waals surface area contributed by atoms with Crippen molar-refractivity contribution >= 4 is 17.5 Å². The predicted octanol–water partition coefficient (Wildman–Crippen LogP) is 3.13. The molecule has 1 N–H and O–H groups in total. The standard InChI is InChI=1S/C22H27N3O3/c1-14-7-9-25(10-8-14)21(27)18-12-19(22(28)24(4)13-18)23-20(26)17-6-5-15(2)16(3)11-17/h5-6,11-14H,7-10H2,1-4H3,(H,23,26). The molecular formula is C22H27N3O3. The van der Waals surface area contributed by atoms with Gasteiger partial charge in [-0.15, -0.1) is 0 Å². The lowest BCUT2D eigenvalue weighted by molar-refractivity contribution is 0.0696. The van der Waals surface area contributed by atoms with E-state index in [-0.39, 0.29) is 23.1 Å². The van der Waals surface area contributed by atoms with Crippen molar-refractivity contribution in [2.24, 2.45) is 13.0 Å². The van der Waals surface area contributed by atoms with Gasteiger partial charge < -0.3 is 14.8 Å². The van der Waals surface area contributed by atoms with Crippen LogP contribution in [0, 0.1) is 19.8 Å². The maximum Gasteiger partial charge on any atom is 0.274 e. The molecule has 1 aromatic heterocycles. The predicted molar refractivity (Wildman–Crippen MR) is 110 cm³/mol. The van der Waals surface area contributed by atoms with E-state index in [0.717, 1.165) is 24.0 Å². The number of likely N-dealkylation sites (tertiary alicyclic amines) is 1. The molecule has 0 bridgehead atoms. The summed E-state index contributed by atoms with van der Waals surface area (Å²) in [5.41, 5.74) is 2.75. The minimum atomic E-state index is -0.364. The van der Waals surface area contributed by atoms with Gasteiger partial charge >= 0.3 is 0 Å². The number of amides is 2. The van der Waals surface area contributed by atoms with Gasteiger partial charge in [-0.3, -0.25) is 14.4 Å². The van der Waals surface area contributed by atoms with Crippen LogP contribution in [0.3, 0.4) is 0 Å². The molecule has 3 rings (SSSR count). The Labute approximate surface area is 165 Å². The summed E-state index contributed by atoms with van der Waals surface area (Å²) in [7, 11) is 1.59. The van der Waals surface area contributed by atoms with Crippen molar-refractivity contribution < 1.29 is 9.59 Å². The fraction of sp³-hybridized carbons (Fsp3) is 0.409. The lowest BCUT2D eigenvalue weighted by atomic mass is 9.99. The van der Waals surface area contributed by atoms with E-state index in [4.69, 9.17) is 0 Å². The van der Waals surface area contributed by atoms with Crippen molar-refractivity contribution in [3.63, 3.8) is 0 Å². The van der Waals surface area contributed by atoms with Crippen LogP contribution < -0.4 is 10.9 Å². The van der Waals surface area contributed by atoms with E-state index < -0.39 is 0 Å². The molecule has 1 saturated heterocycles. The van der Waals surface area contributed by atoms with Crippen LogP contribution in [0.4, 0.5) is 5.69 Å². The number of aromatic nitrogens is 1. The van der Waals surface area contributed by atoms with Gasteiger partial charge in [0.25, 0.3) is 17.4 Å². The Morgan fingerprint density at radius 2 is 1.71 bits per heavy atom. The van der Waals surface area contributed by atoms with Crippen molar-refractivity contribution in [2.45, 2.75) is 33.6 Å².